The van der Waals surface area contributed by atoms with E-state index in [0.717, 1.165) is 6.42 Å². The molecule has 0 spiro atoms. The number of amides is 1. The van der Waals surface area contributed by atoms with Crippen molar-refractivity contribution >= 4 is 34.5 Å². The molecule has 168 valence electrons. The Kier molecular flexibility index (Phi) is 5.00. The van der Waals surface area contributed by atoms with Crippen LogP contribution in [0.3, 0.4) is 0 Å². The molecule has 0 radical (unpaired) electrons. The molecule has 0 aliphatic carbocycles. The number of carboxylic acids is 1. The number of aromatic nitrogens is 5. The molecule has 0 saturated carbocycles. The van der Waals surface area contributed by atoms with Crippen LogP contribution in [0.4, 0.5) is 16.0 Å². The second-order valence-electron chi connectivity index (χ2n) is 7.83. The molecule has 1 aliphatic rings. The fourth-order valence-electron chi connectivity index (χ4n) is 4.03. The zero-order valence-corrected chi connectivity index (χ0v) is 17.6. The summed E-state index contributed by atoms with van der Waals surface area (Å²) in [7, 11) is 1.71. The summed E-state index contributed by atoms with van der Waals surface area (Å²) in [5.41, 5.74) is 2.11. The number of carbonyl (C=O) groups is 2. The lowest BCUT2D eigenvalue weighted by molar-refractivity contribution is -0.138. The fraction of sp³-hybridized carbons (Fsp3) is 0.227. The van der Waals surface area contributed by atoms with Gasteiger partial charge in [0.05, 0.1) is 16.6 Å². The van der Waals surface area contributed by atoms with Crippen molar-refractivity contribution in [1.29, 1.82) is 0 Å². The molecule has 0 bridgehead atoms. The van der Waals surface area contributed by atoms with Gasteiger partial charge in [-0.2, -0.15) is 5.10 Å². The molecule has 33 heavy (non-hydrogen) atoms. The highest BCUT2D eigenvalue weighted by Crippen LogP contribution is 2.25. The standard InChI is InChI=1S/C22H20FN7O3/c1-29-17(20-25-14-6-5-13(23)9-15(14)26-20)10-18(28-29)27-21(31)12-4-7-19(24-11-12)30-8-2-3-16(30)22(32)33/h4-7,9-11,16H,2-3,8H2,1H3,(H,25,26)(H,32,33)(H,27,28,31)/t16-/m0/s1. The Morgan fingerprint density at radius 2 is 2.09 bits per heavy atom. The summed E-state index contributed by atoms with van der Waals surface area (Å²) < 4.78 is 15.0. The second-order valence-corrected chi connectivity index (χ2v) is 7.83. The number of halogens is 1. The molecule has 1 saturated heterocycles. The highest BCUT2D eigenvalue weighted by Gasteiger charge is 2.31. The van der Waals surface area contributed by atoms with Gasteiger partial charge in [0, 0.05) is 25.9 Å². The molecular formula is C22H20FN7O3. The first-order valence-electron chi connectivity index (χ1n) is 10.4. The highest BCUT2D eigenvalue weighted by molar-refractivity contribution is 6.03. The van der Waals surface area contributed by atoms with Gasteiger partial charge in [-0.15, -0.1) is 0 Å². The van der Waals surface area contributed by atoms with Gasteiger partial charge in [0.25, 0.3) is 5.91 Å². The van der Waals surface area contributed by atoms with E-state index in [9.17, 15) is 19.1 Å². The SMILES string of the molecule is Cn1nc(NC(=O)c2ccc(N3CCC[C@H]3C(=O)O)nc2)cc1-c1nc2ccc(F)cc2[nH]1. The van der Waals surface area contributed by atoms with E-state index in [1.54, 1.807) is 40.9 Å². The molecule has 1 atom stereocenters. The number of fused-ring (bicyclic) bond motifs is 1. The highest BCUT2D eigenvalue weighted by atomic mass is 19.1. The van der Waals surface area contributed by atoms with Crippen molar-refractivity contribution in [2.24, 2.45) is 7.05 Å². The number of imidazole rings is 1. The van der Waals surface area contributed by atoms with Crippen LogP contribution >= 0.6 is 0 Å². The summed E-state index contributed by atoms with van der Waals surface area (Å²) >= 11 is 0. The third kappa shape index (κ3) is 3.88. The largest absolute Gasteiger partial charge is 0.480 e. The van der Waals surface area contributed by atoms with E-state index in [1.807, 2.05) is 0 Å². The number of nitrogens with one attached hydrogen (secondary N) is 2. The van der Waals surface area contributed by atoms with Crippen LogP contribution in [0.5, 0.6) is 0 Å². The Hall–Kier alpha value is -4.28. The lowest BCUT2D eigenvalue weighted by atomic mass is 10.2. The molecule has 1 aromatic carbocycles. The van der Waals surface area contributed by atoms with Gasteiger partial charge in [0.2, 0.25) is 0 Å². The normalized spacial score (nSPS) is 15.8. The molecule has 4 heterocycles. The van der Waals surface area contributed by atoms with Crippen LogP contribution in [0.25, 0.3) is 22.6 Å². The van der Waals surface area contributed by atoms with Gasteiger partial charge in [-0.25, -0.2) is 19.2 Å². The number of hydrogen-bond donors (Lipinski definition) is 3. The molecular weight excluding hydrogens is 429 g/mol. The summed E-state index contributed by atoms with van der Waals surface area (Å²) in [6.07, 6.45) is 2.77. The first-order valence-corrected chi connectivity index (χ1v) is 10.4. The molecule has 5 rings (SSSR count). The van der Waals surface area contributed by atoms with Gasteiger partial charge in [-0.1, -0.05) is 0 Å². The van der Waals surface area contributed by atoms with E-state index in [-0.39, 0.29) is 5.82 Å². The minimum atomic E-state index is -0.878. The fourth-order valence-corrected chi connectivity index (χ4v) is 4.03. The maximum atomic E-state index is 13.5. The van der Waals surface area contributed by atoms with Crippen LogP contribution in [0.1, 0.15) is 23.2 Å². The van der Waals surface area contributed by atoms with Crippen molar-refractivity contribution in [3.63, 3.8) is 0 Å². The van der Waals surface area contributed by atoms with E-state index < -0.39 is 17.9 Å². The summed E-state index contributed by atoms with van der Waals surface area (Å²) in [5, 5.41) is 16.4. The number of carboxylic acid groups (broad SMARTS) is 1. The van der Waals surface area contributed by atoms with Gasteiger partial charge >= 0.3 is 5.97 Å². The predicted octanol–water partition coefficient (Wildman–Crippen LogP) is 2.80. The number of pyridine rings is 1. The number of carbonyl (C=O) groups excluding carboxylic acids is 1. The topological polar surface area (TPSA) is 129 Å². The van der Waals surface area contributed by atoms with E-state index in [1.165, 1.54) is 18.3 Å². The van der Waals surface area contributed by atoms with Crippen LogP contribution in [-0.4, -0.2) is 54.3 Å². The number of aromatic amines is 1. The molecule has 1 aliphatic heterocycles. The maximum Gasteiger partial charge on any atom is 0.326 e. The Morgan fingerprint density at radius 3 is 2.85 bits per heavy atom. The first kappa shape index (κ1) is 20.6. The maximum absolute atomic E-state index is 13.5. The quantitative estimate of drug-likeness (QED) is 0.427. The van der Waals surface area contributed by atoms with Gasteiger partial charge in [0.1, 0.15) is 23.4 Å². The number of aryl methyl sites for hydroxylation is 1. The molecule has 4 aromatic rings. The average Bonchev–Trinajstić information content (AvgIpc) is 3.51. The van der Waals surface area contributed by atoms with Crippen LogP contribution in [-0.2, 0) is 11.8 Å². The van der Waals surface area contributed by atoms with Crippen LogP contribution in [0.2, 0.25) is 0 Å². The van der Waals surface area contributed by atoms with Crippen LogP contribution < -0.4 is 10.2 Å². The monoisotopic (exact) mass is 449 g/mol. The van der Waals surface area contributed by atoms with Gasteiger partial charge < -0.3 is 20.3 Å². The van der Waals surface area contributed by atoms with E-state index in [0.29, 0.717) is 52.7 Å². The number of H-pyrrole nitrogens is 1. The Balaban J connectivity index is 1.32. The molecule has 10 nitrogen and oxygen atoms in total. The minimum absolute atomic E-state index is 0.316. The number of nitrogens with zero attached hydrogens (tertiary/aromatic N) is 5. The van der Waals surface area contributed by atoms with Crippen molar-refractivity contribution in [3.05, 3.63) is 54.0 Å². The van der Waals surface area contributed by atoms with Crippen molar-refractivity contribution in [3.8, 4) is 11.5 Å². The Bertz CT molecular complexity index is 1360. The van der Waals surface area contributed by atoms with Crippen molar-refractivity contribution in [2.75, 3.05) is 16.8 Å². The van der Waals surface area contributed by atoms with E-state index in [4.69, 9.17) is 0 Å². The first-order chi connectivity index (χ1) is 15.9. The predicted molar refractivity (Wildman–Crippen MR) is 118 cm³/mol. The lowest BCUT2D eigenvalue weighted by Crippen LogP contribution is -2.36. The number of rotatable bonds is 5. The summed E-state index contributed by atoms with van der Waals surface area (Å²) in [6, 6.07) is 8.60. The number of hydrogen-bond acceptors (Lipinski definition) is 6. The minimum Gasteiger partial charge on any atom is -0.480 e. The number of aliphatic carboxylic acids is 1. The van der Waals surface area contributed by atoms with E-state index in [2.05, 4.69) is 25.4 Å². The average molecular weight is 449 g/mol. The van der Waals surface area contributed by atoms with Crippen LogP contribution in [0.15, 0.2) is 42.6 Å². The molecule has 1 fully saturated rings. The number of anilines is 2. The summed E-state index contributed by atoms with van der Waals surface area (Å²) in [6.45, 7) is 0.612. The lowest BCUT2D eigenvalue weighted by Gasteiger charge is -2.22. The van der Waals surface area contributed by atoms with Crippen molar-refractivity contribution in [2.45, 2.75) is 18.9 Å². The molecule has 11 heteroatoms. The van der Waals surface area contributed by atoms with Crippen molar-refractivity contribution in [1.82, 2.24) is 24.7 Å². The van der Waals surface area contributed by atoms with Crippen molar-refractivity contribution < 1.29 is 19.1 Å². The third-order valence-electron chi connectivity index (χ3n) is 5.65. The van der Waals surface area contributed by atoms with E-state index >= 15 is 0 Å². The zero-order chi connectivity index (χ0) is 23.1. The summed E-state index contributed by atoms with van der Waals surface area (Å²) in [5.74, 6) is -0.302. The zero-order valence-electron chi connectivity index (χ0n) is 17.6. The summed E-state index contributed by atoms with van der Waals surface area (Å²) in [4.78, 5) is 37.6. The second kappa shape index (κ2) is 8.01. The van der Waals surface area contributed by atoms with Gasteiger partial charge in [0.15, 0.2) is 11.6 Å². The Morgan fingerprint density at radius 1 is 1.24 bits per heavy atom. The van der Waals surface area contributed by atoms with Gasteiger partial charge in [-0.3, -0.25) is 9.48 Å². The molecule has 1 amide bonds. The smallest absolute Gasteiger partial charge is 0.326 e. The Labute approximate surface area is 187 Å². The van der Waals surface area contributed by atoms with Crippen LogP contribution in [0, 0.1) is 5.82 Å². The molecule has 3 N–H and O–H groups in total. The third-order valence-corrected chi connectivity index (χ3v) is 5.65. The molecule has 3 aromatic heterocycles. The number of benzene rings is 1. The van der Waals surface area contributed by atoms with Gasteiger partial charge in [-0.05, 0) is 43.2 Å². The molecule has 0 unspecified atom stereocenters.